The van der Waals surface area contributed by atoms with Crippen LogP contribution in [0.2, 0.25) is 0 Å². The zero-order chi connectivity index (χ0) is 8.06. The molecule has 0 bridgehead atoms. The van der Waals surface area contributed by atoms with Gasteiger partial charge in [0.25, 0.3) is 0 Å². The molecule has 2 aliphatic rings. The summed E-state index contributed by atoms with van der Waals surface area (Å²) in [7, 11) is 5.69. The summed E-state index contributed by atoms with van der Waals surface area (Å²) in [5.74, 6) is 0. The van der Waals surface area contributed by atoms with Crippen LogP contribution < -0.4 is 0 Å². The van der Waals surface area contributed by atoms with Crippen molar-refractivity contribution in [2.45, 2.75) is 28.5 Å². The van der Waals surface area contributed by atoms with Gasteiger partial charge >= 0.3 is 0 Å². The second-order valence-electron chi connectivity index (χ2n) is 3.11. The van der Waals surface area contributed by atoms with Crippen molar-refractivity contribution in [2.75, 3.05) is 12.5 Å². The first-order valence-electron chi connectivity index (χ1n) is 3.73. The molecule has 2 rings (SSSR count). The van der Waals surface area contributed by atoms with E-state index in [9.17, 15) is 0 Å². The van der Waals surface area contributed by atoms with E-state index >= 15 is 0 Å². The average Bonchev–Trinajstić information content (AvgIpc) is 2.44. The smallest absolute Gasteiger partial charge is 0.109 e. The molecule has 1 saturated heterocycles. The fourth-order valence-electron chi connectivity index (χ4n) is 1.96. The van der Waals surface area contributed by atoms with Crippen molar-refractivity contribution in [3.8, 4) is 0 Å². The molecule has 2 radical (unpaired) electrons. The Hall–Kier alpha value is 0.725. The van der Waals surface area contributed by atoms with E-state index in [2.05, 4.69) is 12.5 Å². The molecule has 0 N–H and O–H groups in total. The molecule has 0 aromatic heterocycles. The summed E-state index contributed by atoms with van der Waals surface area (Å²) in [6.45, 7) is 0. The highest BCUT2D eigenvalue weighted by atomic mass is 32.2. The molecule has 0 aromatic rings. The molecule has 1 aliphatic carbocycles. The Labute approximate surface area is 77.4 Å². The summed E-state index contributed by atoms with van der Waals surface area (Å²) in [5, 5.41) is 0.692. The van der Waals surface area contributed by atoms with Gasteiger partial charge in [-0.25, -0.2) is 0 Å². The highest BCUT2D eigenvalue weighted by molar-refractivity contribution is 8.04. The fraction of sp³-hybridized carbons (Fsp3) is 1.00. The lowest BCUT2D eigenvalue weighted by atomic mass is 9.96. The Morgan fingerprint density at radius 1 is 1.55 bits per heavy atom. The highest BCUT2D eigenvalue weighted by Crippen LogP contribution is 2.62. The quantitative estimate of drug-likeness (QED) is 0.598. The van der Waals surface area contributed by atoms with Crippen LogP contribution in [0, 0.1) is 0 Å². The first-order chi connectivity index (χ1) is 5.24. The number of fused-ring (bicyclic) bond motifs is 1. The predicted molar refractivity (Wildman–Crippen MR) is 52.6 cm³/mol. The third-order valence-electron chi connectivity index (χ3n) is 2.60. The summed E-state index contributed by atoms with van der Waals surface area (Å²) in [6, 6.07) is -0.00384. The van der Waals surface area contributed by atoms with E-state index in [-0.39, 0.29) is 6.00 Å². The lowest BCUT2D eigenvalue weighted by Gasteiger charge is -2.12. The lowest BCUT2D eigenvalue weighted by Crippen LogP contribution is -2.16. The van der Waals surface area contributed by atoms with E-state index in [0.29, 0.717) is 16.1 Å². The lowest BCUT2D eigenvalue weighted by molar-refractivity contribution is 0.129. The maximum atomic E-state index is 5.69. The largest absolute Gasteiger partial charge is 0.382 e. The third kappa shape index (κ3) is 0.989. The minimum absolute atomic E-state index is 0.00384. The predicted octanol–water partition coefficient (Wildman–Crippen LogP) is 1.12. The number of hydrogen-bond acceptors (Lipinski definition) is 3. The van der Waals surface area contributed by atoms with Gasteiger partial charge in [0.15, 0.2) is 0 Å². The first-order valence-corrected chi connectivity index (χ1v) is 6.25. The molecule has 4 atom stereocenters. The van der Waals surface area contributed by atoms with Crippen LogP contribution >= 0.6 is 23.5 Å². The third-order valence-corrected chi connectivity index (χ3v) is 5.34. The second kappa shape index (κ2) is 2.61. The van der Waals surface area contributed by atoms with Gasteiger partial charge in [0.05, 0.1) is 10.9 Å². The molecule has 4 unspecified atom stereocenters. The first kappa shape index (κ1) is 8.33. The van der Waals surface area contributed by atoms with Gasteiger partial charge in [-0.05, 0) is 18.9 Å². The number of hydrogen-bond donors (Lipinski definition) is 0. The summed E-state index contributed by atoms with van der Waals surface area (Å²) >= 11 is 3.83. The van der Waals surface area contributed by atoms with Gasteiger partial charge < -0.3 is 4.74 Å². The molecule has 2 fully saturated rings. The summed E-state index contributed by atoms with van der Waals surface area (Å²) in [5.41, 5.74) is 0. The maximum absolute atomic E-state index is 5.69. The van der Waals surface area contributed by atoms with Gasteiger partial charge in [0.2, 0.25) is 0 Å². The minimum atomic E-state index is -0.00384. The SMILES string of the molecule is [B]C1CC2(SC)C(O1)C2SC. The normalized spacial score (nSPS) is 54.2. The zero-order valence-corrected chi connectivity index (χ0v) is 8.37. The van der Waals surface area contributed by atoms with Gasteiger partial charge in [0, 0.05) is 11.3 Å². The molecular formula is C7H11BOS2. The number of rotatable bonds is 2. The summed E-state index contributed by atoms with van der Waals surface area (Å²) in [6.07, 6.45) is 5.77. The Bertz CT molecular complexity index is 178. The van der Waals surface area contributed by atoms with Crippen molar-refractivity contribution in [3.63, 3.8) is 0 Å². The van der Waals surface area contributed by atoms with E-state index in [1.807, 2.05) is 23.5 Å². The maximum Gasteiger partial charge on any atom is 0.109 e. The number of ether oxygens (including phenoxy) is 1. The molecule has 1 nitrogen and oxygen atoms in total. The van der Waals surface area contributed by atoms with Crippen LogP contribution in [0.3, 0.4) is 0 Å². The van der Waals surface area contributed by atoms with Gasteiger partial charge in [-0.1, -0.05) is 0 Å². The van der Waals surface area contributed by atoms with Crippen molar-refractivity contribution < 1.29 is 4.74 Å². The van der Waals surface area contributed by atoms with Crippen LogP contribution in [-0.2, 0) is 4.74 Å². The average molecular weight is 186 g/mol. The van der Waals surface area contributed by atoms with Crippen molar-refractivity contribution in [2.24, 2.45) is 0 Å². The van der Waals surface area contributed by atoms with E-state index < -0.39 is 0 Å². The van der Waals surface area contributed by atoms with E-state index in [1.54, 1.807) is 0 Å². The van der Waals surface area contributed by atoms with Crippen molar-refractivity contribution in [3.05, 3.63) is 0 Å². The molecule has 1 saturated carbocycles. The van der Waals surface area contributed by atoms with Crippen LogP contribution in [0.15, 0.2) is 0 Å². The van der Waals surface area contributed by atoms with Crippen molar-refractivity contribution in [1.29, 1.82) is 0 Å². The summed E-state index contributed by atoms with van der Waals surface area (Å²) < 4.78 is 5.94. The molecule has 1 aliphatic heterocycles. The van der Waals surface area contributed by atoms with Crippen molar-refractivity contribution >= 4 is 31.4 Å². The summed E-state index contributed by atoms with van der Waals surface area (Å²) in [4.78, 5) is 0. The topological polar surface area (TPSA) is 9.23 Å². The fourth-order valence-corrected chi connectivity index (χ4v) is 4.77. The van der Waals surface area contributed by atoms with Crippen LogP contribution in [0.5, 0.6) is 0 Å². The zero-order valence-electron chi connectivity index (χ0n) is 6.74. The monoisotopic (exact) mass is 186 g/mol. The van der Waals surface area contributed by atoms with Crippen LogP contribution in [-0.4, -0.2) is 42.5 Å². The van der Waals surface area contributed by atoms with Crippen LogP contribution in [0.1, 0.15) is 6.42 Å². The van der Waals surface area contributed by atoms with Gasteiger partial charge in [-0.3, -0.25) is 0 Å². The van der Waals surface area contributed by atoms with E-state index in [0.717, 1.165) is 6.42 Å². The molecule has 4 heteroatoms. The molecule has 0 spiro atoms. The molecular weight excluding hydrogens is 175 g/mol. The molecule has 11 heavy (non-hydrogen) atoms. The van der Waals surface area contributed by atoms with Crippen LogP contribution in [0.4, 0.5) is 0 Å². The highest BCUT2D eigenvalue weighted by Gasteiger charge is 2.69. The molecule has 1 heterocycles. The number of thioether (sulfide) groups is 2. The van der Waals surface area contributed by atoms with E-state index in [1.165, 1.54) is 0 Å². The van der Waals surface area contributed by atoms with Crippen LogP contribution in [0.25, 0.3) is 0 Å². The van der Waals surface area contributed by atoms with E-state index in [4.69, 9.17) is 12.6 Å². The Kier molecular flexibility index (Phi) is 1.97. The molecule has 0 aromatic carbocycles. The van der Waals surface area contributed by atoms with Gasteiger partial charge in [-0.15, -0.1) is 0 Å². The molecule has 0 amide bonds. The van der Waals surface area contributed by atoms with Gasteiger partial charge in [-0.2, -0.15) is 23.5 Å². The minimum Gasteiger partial charge on any atom is -0.382 e. The second-order valence-corrected chi connectivity index (χ2v) is 5.26. The molecule has 60 valence electrons. The Morgan fingerprint density at radius 2 is 2.27 bits per heavy atom. The van der Waals surface area contributed by atoms with Gasteiger partial charge in [0.1, 0.15) is 7.85 Å². The Balaban J connectivity index is 2.07. The Morgan fingerprint density at radius 3 is 2.73 bits per heavy atom. The standard InChI is InChI=1S/C7H11BOS2/c1-10-6-5-7(6,11-2)3-4(8)9-5/h4-6H,3H2,1-2H3. The van der Waals surface area contributed by atoms with Crippen molar-refractivity contribution in [1.82, 2.24) is 0 Å².